The third kappa shape index (κ3) is 3.20. The monoisotopic (exact) mass is 277 g/mol. The van der Waals surface area contributed by atoms with Crippen molar-refractivity contribution in [3.63, 3.8) is 0 Å². The van der Waals surface area contributed by atoms with Gasteiger partial charge in [-0.05, 0) is 25.1 Å². The summed E-state index contributed by atoms with van der Waals surface area (Å²) in [7, 11) is 1.53. The Morgan fingerprint density at radius 3 is 2.68 bits per heavy atom. The number of anilines is 1. The van der Waals surface area contributed by atoms with Crippen LogP contribution in [0.3, 0.4) is 0 Å². The molecule has 19 heavy (non-hydrogen) atoms. The number of hydrogen-bond donors (Lipinski definition) is 1. The Kier molecular flexibility index (Phi) is 3.97. The molecule has 0 saturated carbocycles. The first kappa shape index (κ1) is 13.3. The van der Waals surface area contributed by atoms with E-state index in [2.05, 4.69) is 15.3 Å². The molecule has 0 saturated heterocycles. The van der Waals surface area contributed by atoms with Gasteiger partial charge in [-0.3, -0.25) is 9.78 Å². The number of amides is 1. The van der Waals surface area contributed by atoms with Gasteiger partial charge in [0.2, 0.25) is 0 Å². The summed E-state index contributed by atoms with van der Waals surface area (Å²) < 4.78 is 5.04. The number of nitrogens with zero attached hydrogens (tertiary/aromatic N) is 2. The zero-order valence-electron chi connectivity index (χ0n) is 10.5. The van der Waals surface area contributed by atoms with Crippen LogP contribution in [0.5, 0.6) is 5.75 Å². The van der Waals surface area contributed by atoms with Gasteiger partial charge in [0.15, 0.2) is 0 Å². The van der Waals surface area contributed by atoms with Crippen LogP contribution in [0.4, 0.5) is 5.69 Å². The molecule has 0 atom stereocenters. The van der Waals surface area contributed by atoms with Gasteiger partial charge < -0.3 is 10.1 Å². The topological polar surface area (TPSA) is 64.1 Å². The van der Waals surface area contributed by atoms with Crippen LogP contribution in [0.25, 0.3) is 0 Å². The highest BCUT2D eigenvalue weighted by Crippen LogP contribution is 2.27. The summed E-state index contributed by atoms with van der Waals surface area (Å²) in [5, 5.41) is 3.11. The predicted octanol–water partition coefficient (Wildman–Crippen LogP) is 2.70. The van der Waals surface area contributed by atoms with Gasteiger partial charge >= 0.3 is 0 Å². The normalized spacial score (nSPS) is 10.1. The quantitative estimate of drug-likeness (QED) is 0.937. The number of methoxy groups -OCH3 is 1. The Hall–Kier alpha value is -2.14. The zero-order valence-corrected chi connectivity index (χ0v) is 11.2. The largest absolute Gasteiger partial charge is 0.495 e. The first-order valence-corrected chi connectivity index (χ1v) is 5.91. The number of rotatable bonds is 3. The number of carbonyl (C=O) groups is 1. The van der Waals surface area contributed by atoms with Crippen LogP contribution >= 0.6 is 11.6 Å². The second-order valence-corrected chi connectivity index (χ2v) is 4.25. The Balaban J connectivity index is 2.14. The molecular weight excluding hydrogens is 266 g/mol. The minimum absolute atomic E-state index is 0.248. The highest BCUT2D eigenvalue weighted by molar-refractivity contribution is 6.32. The first-order chi connectivity index (χ1) is 9.10. The Labute approximate surface area is 115 Å². The second kappa shape index (κ2) is 5.67. The maximum absolute atomic E-state index is 11.9. The smallest absolute Gasteiger partial charge is 0.275 e. The van der Waals surface area contributed by atoms with E-state index in [9.17, 15) is 4.79 Å². The lowest BCUT2D eigenvalue weighted by atomic mass is 10.3. The summed E-state index contributed by atoms with van der Waals surface area (Å²) in [4.78, 5) is 19.9. The van der Waals surface area contributed by atoms with E-state index >= 15 is 0 Å². The first-order valence-electron chi connectivity index (χ1n) is 5.53. The molecule has 1 aromatic heterocycles. The van der Waals surface area contributed by atoms with E-state index in [0.717, 1.165) is 5.69 Å². The van der Waals surface area contributed by atoms with Crippen molar-refractivity contribution in [1.82, 2.24) is 9.97 Å². The summed E-state index contributed by atoms with van der Waals surface area (Å²) in [6.07, 6.45) is 2.96. The molecule has 1 amide bonds. The lowest BCUT2D eigenvalue weighted by Crippen LogP contribution is -2.14. The molecule has 0 fully saturated rings. The molecule has 0 spiro atoms. The molecule has 0 radical (unpaired) electrons. The van der Waals surface area contributed by atoms with Gasteiger partial charge in [-0.15, -0.1) is 0 Å². The third-order valence-corrected chi connectivity index (χ3v) is 2.72. The standard InChI is InChI=1S/C13H12ClN3O2/c1-8-6-16-11(7-15-8)13(18)17-9-3-4-12(19-2)10(14)5-9/h3-7H,1-2H3,(H,17,18). The van der Waals surface area contributed by atoms with Crippen LogP contribution in [0.2, 0.25) is 5.02 Å². The van der Waals surface area contributed by atoms with Gasteiger partial charge in [0.25, 0.3) is 5.91 Å². The molecule has 0 unspecified atom stereocenters. The Morgan fingerprint density at radius 2 is 2.11 bits per heavy atom. The van der Waals surface area contributed by atoms with Crippen molar-refractivity contribution in [3.8, 4) is 5.75 Å². The van der Waals surface area contributed by atoms with E-state index in [-0.39, 0.29) is 11.6 Å². The summed E-state index contributed by atoms with van der Waals surface area (Å²) in [6, 6.07) is 4.99. The number of aryl methyl sites for hydroxylation is 1. The molecule has 1 aromatic carbocycles. The number of hydrogen-bond acceptors (Lipinski definition) is 4. The molecule has 0 aliphatic rings. The van der Waals surface area contributed by atoms with Crippen LogP contribution in [-0.4, -0.2) is 23.0 Å². The van der Waals surface area contributed by atoms with Gasteiger partial charge in [-0.1, -0.05) is 11.6 Å². The lowest BCUT2D eigenvalue weighted by Gasteiger charge is -2.07. The number of benzene rings is 1. The van der Waals surface area contributed by atoms with Gasteiger partial charge in [0.1, 0.15) is 11.4 Å². The van der Waals surface area contributed by atoms with Crippen molar-refractivity contribution in [2.45, 2.75) is 6.92 Å². The second-order valence-electron chi connectivity index (χ2n) is 3.85. The van der Waals surface area contributed by atoms with E-state index in [1.54, 1.807) is 25.1 Å². The predicted molar refractivity (Wildman–Crippen MR) is 72.7 cm³/mol. The molecule has 2 aromatic rings. The van der Waals surface area contributed by atoms with Crippen LogP contribution in [-0.2, 0) is 0 Å². The maximum atomic E-state index is 11.9. The fourth-order valence-electron chi connectivity index (χ4n) is 1.45. The van der Waals surface area contributed by atoms with Crippen molar-refractivity contribution < 1.29 is 9.53 Å². The van der Waals surface area contributed by atoms with E-state index in [1.165, 1.54) is 19.5 Å². The lowest BCUT2D eigenvalue weighted by molar-refractivity contribution is 0.102. The van der Waals surface area contributed by atoms with Gasteiger partial charge in [-0.2, -0.15) is 0 Å². The zero-order chi connectivity index (χ0) is 13.8. The minimum Gasteiger partial charge on any atom is -0.495 e. The highest BCUT2D eigenvalue weighted by atomic mass is 35.5. The summed E-state index contributed by atoms with van der Waals surface area (Å²) in [5.74, 6) is 0.212. The molecular formula is C13H12ClN3O2. The fraction of sp³-hybridized carbons (Fsp3) is 0.154. The van der Waals surface area contributed by atoms with Crippen LogP contribution in [0, 0.1) is 6.92 Å². The van der Waals surface area contributed by atoms with Crippen LogP contribution in [0.15, 0.2) is 30.6 Å². The summed E-state index contributed by atoms with van der Waals surface area (Å²) in [6.45, 7) is 1.80. The van der Waals surface area contributed by atoms with Gasteiger partial charge in [0.05, 0.1) is 24.0 Å². The Morgan fingerprint density at radius 1 is 1.32 bits per heavy atom. The van der Waals surface area contributed by atoms with Crippen molar-refractivity contribution in [3.05, 3.63) is 47.0 Å². The van der Waals surface area contributed by atoms with E-state index in [0.29, 0.717) is 16.5 Å². The van der Waals surface area contributed by atoms with Gasteiger partial charge in [-0.25, -0.2) is 4.98 Å². The molecule has 2 rings (SSSR count). The number of nitrogens with one attached hydrogen (secondary N) is 1. The van der Waals surface area contributed by atoms with E-state index < -0.39 is 0 Å². The number of halogens is 1. The SMILES string of the molecule is COc1ccc(NC(=O)c2cnc(C)cn2)cc1Cl. The minimum atomic E-state index is -0.339. The van der Waals surface area contributed by atoms with E-state index in [1.807, 2.05) is 0 Å². The highest BCUT2D eigenvalue weighted by Gasteiger charge is 2.09. The third-order valence-electron chi connectivity index (χ3n) is 2.42. The van der Waals surface area contributed by atoms with Crippen molar-refractivity contribution >= 4 is 23.2 Å². The molecule has 1 N–H and O–H groups in total. The van der Waals surface area contributed by atoms with Crippen molar-refractivity contribution in [2.75, 3.05) is 12.4 Å². The van der Waals surface area contributed by atoms with E-state index in [4.69, 9.17) is 16.3 Å². The molecule has 98 valence electrons. The number of aromatic nitrogens is 2. The van der Waals surface area contributed by atoms with Gasteiger partial charge in [0, 0.05) is 11.9 Å². The molecule has 5 nitrogen and oxygen atoms in total. The Bertz CT molecular complexity index is 599. The van der Waals surface area contributed by atoms with Crippen LogP contribution in [0.1, 0.15) is 16.2 Å². The summed E-state index contributed by atoms with van der Waals surface area (Å²) >= 11 is 5.98. The molecule has 1 heterocycles. The molecule has 0 bridgehead atoms. The average molecular weight is 278 g/mol. The van der Waals surface area contributed by atoms with Crippen LogP contribution < -0.4 is 10.1 Å². The van der Waals surface area contributed by atoms with Crippen molar-refractivity contribution in [2.24, 2.45) is 0 Å². The number of ether oxygens (including phenoxy) is 1. The molecule has 0 aliphatic carbocycles. The molecule has 0 aliphatic heterocycles. The maximum Gasteiger partial charge on any atom is 0.275 e. The number of carbonyl (C=O) groups excluding carboxylic acids is 1. The average Bonchev–Trinajstić information content (AvgIpc) is 2.39. The molecule has 6 heteroatoms. The summed E-state index contributed by atoms with van der Waals surface area (Å²) in [5.41, 5.74) is 1.57. The fourth-order valence-corrected chi connectivity index (χ4v) is 1.71. The van der Waals surface area contributed by atoms with Crippen molar-refractivity contribution in [1.29, 1.82) is 0 Å².